The van der Waals surface area contributed by atoms with E-state index in [0.29, 0.717) is 0 Å². The average Bonchev–Trinajstić information content (AvgIpc) is 2.96. The Balaban J connectivity index is 1.78. The Morgan fingerprint density at radius 2 is 2.32 bits per heavy atom. The molecular weight excluding hydrogens is 278 g/mol. The molecule has 1 atom stereocenters. The fourth-order valence-corrected chi connectivity index (χ4v) is 4.06. The summed E-state index contributed by atoms with van der Waals surface area (Å²) in [6, 6.07) is 0. The van der Waals surface area contributed by atoms with Gasteiger partial charge in [0.2, 0.25) is 0 Å². The molecule has 2 aromatic rings. The fraction of sp³-hybridized carbons (Fsp3) is 0.538. The number of rotatable bonds is 3. The van der Waals surface area contributed by atoms with Crippen LogP contribution in [-0.2, 0) is 13.0 Å². The number of aliphatic hydroxyl groups is 1. The van der Waals surface area contributed by atoms with E-state index in [9.17, 15) is 5.11 Å². The number of nitrogens with zero attached hydrogens (tertiary/aromatic N) is 3. The number of hydrogen-bond acceptors (Lipinski definition) is 6. The maximum absolute atomic E-state index is 9.96. The van der Waals surface area contributed by atoms with Crippen LogP contribution in [0, 0.1) is 6.92 Å². The first-order valence-corrected chi connectivity index (χ1v) is 8.13. The zero-order chi connectivity index (χ0) is 13.4. The molecule has 0 bridgehead atoms. The van der Waals surface area contributed by atoms with E-state index in [-0.39, 0.29) is 6.10 Å². The van der Waals surface area contributed by atoms with Crippen LogP contribution in [0.1, 0.15) is 40.2 Å². The predicted octanol–water partition coefficient (Wildman–Crippen LogP) is 2.91. The van der Waals surface area contributed by atoms with E-state index in [0.717, 1.165) is 47.3 Å². The average molecular weight is 295 g/mol. The number of aromatic nitrogens is 2. The molecule has 6 heteroatoms. The number of fused-ring (bicyclic) bond motifs is 1. The Kier molecular flexibility index (Phi) is 3.56. The highest BCUT2D eigenvalue weighted by molar-refractivity contribution is 7.15. The second-order valence-electron chi connectivity index (χ2n) is 4.93. The third-order valence-corrected chi connectivity index (χ3v) is 5.37. The lowest BCUT2D eigenvalue weighted by atomic mass is 10.0. The van der Waals surface area contributed by atoms with Gasteiger partial charge in [-0.3, -0.25) is 0 Å². The molecule has 1 unspecified atom stereocenters. The fourth-order valence-electron chi connectivity index (χ4n) is 2.34. The van der Waals surface area contributed by atoms with Crippen molar-refractivity contribution < 1.29 is 5.11 Å². The molecule has 0 amide bonds. The van der Waals surface area contributed by atoms with E-state index in [1.807, 2.05) is 14.0 Å². The second-order valence-corrected chi connectivity index (χ2v) is 7.05. The zero-order valence-electron chi connectivity index (χ0n) is 11.1. The SMILES string of the molecule is Cc1nc(CN(C)c2nc3c(s2)CCCC3O)cs1. The Morgan fingerprint density at radius 3 is 3.00 bits per heavy atom. The van der Waals surface area contributed by atoms with Crippen LogP contribution in [0.4, 0.5) is 5.13 Å². The van der Waals surface area contributed by atoms with Crippen LogP contribution in [0.5, 0.6) is 0 Å². The molecule has 0 spiro atoms. The first-order chi connectivity index (χ1) is 9.13. The molecule has 0 saturated heterocycles. The smallest absolute Gasteiger partial charge is 0.185 e. The molecule has 102 valence electrons. The maximum Gasteiger partial charge on any atom is 0.185 e. The van der Waals surface area contributed by atoms with Crippen molar-refractivity contribution in [1.82, 2.24) is 9.97 Å². The second kappa shape index (κ2) is 5.19. The van der Waals surface area contributed by atoms with Crippen molar-refractivity contribution >= 4 is 27.8 Å². The van der Waals surface area contributed by atoms with Crippen molar-refractivity contribution in [2.75, 3.05) is 11.9 Å². The first-order valence-electron chi connectivity index (χ1n) is 6.43. The van der Waals surface area contributed by atoms with Gasteiger partial charge in [0, 0.05) is 17.3 Å². The molecule has 0 fully saturated rings. The largest absolute Gasteiger partial charge is 0.387 e. The molecule has 19 heavy (non-hydrogen) atoms. The molecule has 3 rings (SSSR count). The Hall–Kier alpha value is -0.980. The topological polar surface area (TPSA) is 49.2 Å². The summed E-state index contributed by atoms with van der Waals surface area (Å²) >= 11 is 3.38. The van der Waals surface area contributed by atoms with Crippen LogP contribution in [0.3, 0.4) is 0 Å². The third kappa shape index (κ3) is 2.66. The molecule has 0 aromatic carbocycles. The van der Waals surface area contributed by atoms with Crippen molar-refractivity contribution in [3.05, 3.63) is 26.7 Å². The van der Waals surface area contributed by atoms with Crippen molar-refractivity contribution in [1.29, 1.82) is 0 Å². The summed E-state index contributed by atoms with van der Waals surface area (Å²) in [6.45, 7) is 2.79. The summed E-state index contributed by atoms with van der Waals surface area (Å²) in [5.41, 5.74) is 1.98. The van der Waals surface area contributed by atoms with Crippen LogP contribution in [-0.4, -0.2) is 22.1 Å². The highest BCUT2D eigenvalue weighted by Crippen LogP contribution is 2.36. The van der Waals surface area contributed by atoms with E-state index >= 15 is 0 Å². The quantitative estimate of drug-likeness (QED) is 0.946. The van der Waals surface area contributed by atoms with Crippen molar-refractivity contribution in [2.45, 2.75) is 38.8 Å². The van der Waals surface area contributed by atoms with Gasteiger partial charge in [-0.25, -0.2) is 9.97 Å². The van der Waals surface area contributed by atoms with Crippen LogP contribution in [0.15, 0.2) is 5.38 Å². The lowest BCUT2D eigenvalue weighted by Gasteiger charge is -2.15. The number of aryl methyl sites for hydroxylation is 2. The normalized spacial score (nSPS) is 18.4. The number of anilines is 1. The van der Waals surface area contributed by atoms with Crippen LogP contribution in [0.25, 0.3) is 0 Å². The molecule has 1 N–H and O–H groups in total. The molecule has 0 radical (unpaired) electrons. The van der Waals surface area contributed by atoms with Crippen LogP contribution >= 0.6 is 22.7 Å². The van der Waals surface area contributed by atoms with Gasteiger partial charge in [0.1, 0.15) is 0 Å². The summed E-state index contributed by atoms with van der Waals surface area (Å²) in [7, 11) is 2.03. The van der Waals surface area contributed by atoms with Gasteiger partial charge < -0.3 is 10.0 Å². The number of thiazole rings is 2. The van der Waals surface area contributed by atoms with Gasteiger partial charge in [-0.1, -0.05) is 0 Å². The summed E-state index contributed by atoms with van der Waals surface area (Å²) in [5, 5.41) is 14.1. The van der Waals surface area contributed by atoms with Gasteiger partial charge >= 0.3 is 0 Å². The van der Waals surface area contributed by atoms with E-state index < -0.39 is 0 Å². The molecular formula is C13H17N3OS2. The zero-order valence-corrected chi connectivity index (χ0v) is 12.7. The maximum atomic E-state index is 9.96. The Bertz CT molecular complexity index is 578. The molecule has 4 nitrogen and oxygen atoms in total. The number of hydrogen-bond donors (Lipinski definition) is 1. The van der Waals surface area contributed by atoms with Crippen molar-refractivity contribution in [2.24, 2.45) is 0 Å². The molecule has 0 aliphatic heterocycles. The molecule has 2 heterocycles. The Labute approximate surface area is 120 Å². The van der Waals surface area contributed by atoms with Gasteiger partial charge in [0.15, 0.2) is 5.13 Å². The van der Waals surface area contributed by atoms with Gasteiger partial charge in [-0.15, -0.1) is 22.7 Å². The van der Waals surface area contributed by atoms with E-state index in [1.165, 1.54) is 4.88 Å². The number of aliphatic hydroxyl groups excluding tert-OH is 1. The van der Waals surface area contributed by atoms with Gasteiger partial charge in [-0.05, 0) is 26.2 Å². The van der Waals surface area contributed by atoms with E-state index in [1.54, 1.807) is 22.7 Å². The minimum atomic E-state index is -0.372. The highest BCUT2D eigenvalue weighted by Gasteiger charge is 2.24. The van der Waals surface area contributed by atoms with E-state index in [4.69, 9.17) is 0 Å². The van der Waals surface area contributed by atoms with Gasteiger partial charge in [0.25, 0.3) is 0 Å². The summed E-state index contributed by atoms with van der Waals surface area (Å²) in [5.74, 6) is 0. The van der Waals surface area contributed by atoms with Crippen molar-refractivity contribution in [3.63, 3.8) is 0 Å². The minimum absolute atomic E-state index is 0.372. The van der Waals surface area contributed by atoms with Crippen molar-refractivity contribution in [3.8, 4) is 0 Å². The molecule has 0 saturated carbocycles. The van der Waals surface area contributed by atoms with Gasteiger partial charge in [0.05, 0.1) is 29.0 Å². The van der Waals surface area contributed by atoms with Gasteiger partial charge in [-0.2, -0.15) is 0 Å². The van der Waals surface area contributed by atoms with Crippen LogP contribution in [0.2, 0.25) is 0 Å². The lowest BCUT2D eigenvalue weighted by Crippen LogP contribution is -2.16. The monoisotopic (exact) mass is 295 g/mol. The van der Waals surface area contributed by atoms with Crippen LogP contribution < -0.4 is 4.90 Å². The summed E-state index contributed by atoms with van der Waals surface area (Å²) < 4.78 is 0. The predicted molar refractivity (Wildman–Crippen MR) is 79.0 cm³/mol. The summed E-state index contributed by atoms with van der Waals surface area (Å²) in [6.07, 6.45) is 2.58. The molecule has 2 aromatic heterocycles. The Morgan fingerprint density at radius 1 is 1.47 bits per heavy atom. The molecule has 1 aliphatic rings. The minimum Gasteiger partial charge on any atom is -0.387 e. The first kappa shape index (κ1) is 13.0. The highest BCUT2D eigenvalue weighted by atomic mass is 32.1. The molecule has 1 aliphatic carbocycles. The third-order valence-electron chi connectivity index (χ3n) is 3.31. The standard InChI is InChI=1S/C13H17N3OS2/c1-8-14-9(7-18-8)6-16(2)13-15-12-10(17)4-3-5-11(12)19-13/h7,10,17H,3-6H2,1-2H3. The summed E-state index contributed by atoms with van der Waals surface area (Å²) in [4.78, 5) is 12.4. The van der Waals surface area contributed by atoms with E-state index in [2.05, 4.69) is 20.2 Å². The lowest BCUT2D eigenvalue weighted by molar-refractivity contribution is 0.153.